The van der Waals surface area contributed by atoms with Crippen molar-refractivity contribution >= 4 is 43.1 Å². The molecule has 0 radical (unpaired) electrons. The number of rotatable bonds is 13. The van der Waals surface area contributed by atoms with E-state index in [0.29, 0.717) is 11.6 Å². The largest absolute Gasteiger partial charge is 0.228 e. The third-order valence-electron chi connectivity index (χ3n) is 25.1. The molecule has 118 heavy (non-hydrogen) atoms. The number of aromatic nitrogens is 4. The van der Waals surface area contributed by atoms with Crippen molar-refractivity contribution in [2.24, 2.45) is 0 Å². The molecule has 4 nitrogen and oxygen atoms in total. The Hall–Kier alpha value is -14.8. The predicted octanol–water partition coefficient (Wildman–Crippen LogP) is 30.2. The first kappa shape index (κ1) is 69.8. The van der Waals surface area contributed by atoms with E-state index < -0.39 is 0 Å². The minimum absolute atomic E-state index is 0.170. The number of hydrogen-bond acceptors (Lipinski definition) is 4. The van der Waals surface area contributed by atoms with Crippen LogP contribution in [0, 0.1) is 0 Å². The summed E-state index contributed by atoms with van der Waals surface area (Å²) in [4.78, 5) is 22.1. The first-order valence-corrected chi connectivity index (χ1v) is 40.9. The van der Waals surface area contributed by atoms with Gasteiger partial charge in [0, 0.05) is 44.2 Å². The molecule has 0 unspecified atom stereocenters. The number of hydrogen-bond donors (Lipinski definition) is 0. The second kappa shape index (κ2) is 28.0. The standard InChI is InChI=1S/C114H78N4/c1-113(2)103-67-84(49-53-94(103)101-62-79-34-17-19-36-81(79)65-105(101)113)88-56-58-96(92-42-23-21-40-90(88)92)108-69-107(86-51-52-87(72-26-9-5-10-27-72)99(64-86)73-28-11-6-12-29-73)115-112(116-108)76-46-44-71(45-47-76)77-38-25-39-78(60-77)83-48-55-98(100(61-83)74-30-13-7-14-31-74)110-70-109(117-111(118-110)75-32-15-8-16-33-75)97-59-57-89(91-41-22-24-43-93(91)97)85-50-54-95-102-63-80-35-18-20-37-82(80)66-106(102)114(3,4)104(95)68-85/h5-70H,1-4H3. The van der Waals surface area contributed by atoms with E-state index in [1.54, 1.807) is 0 Å². The van der Waals surface area contributed by atoms with Gasteiger partial charge in [0.05, 0.1) is 22.8 Å². The van der Waals surface area contributed by atoms with E-state index in [-0.39, 0.29) is 10.8 Å². The highest BCUT2D eigenvalue weighted by Crippen LogP contribution is 2.54. The van der Waals surface area contributed by atoms with Crippen LogP contribution in [-0.4, -0.2) is 19.9 Å². The van der Waals surface area contributed by atoms with Crippen LogP contribution >= 0.6 is 0 Å². The van der Waals surface area contributed by atoms with E-state index >= 15 is 0 Å². The molecule has 0 saturated heterocycles. The average molecular weight is 1500 g/mol. The van der Waals surface area contributed by atoms with Gasteiger partial charge in [-0.3, -0.25) is 0 Å². The van der Waals surface area contributed by atoms with Gasteiger partial charge in [0.25, 0.3) is 0 Å². The molecule has 4 heteroatoms. The Bertz CT molecular complexity index is 7450. The summed E-state index contributed by atoms with van der Waals surface area (Å²) in [6.45, 7) is 9.50. The predicted molar refractivity (Wildman–Crippen MR) is 493 cm³/mol. The Balaban J connectivity index is 0.620. The van der Waals surface area contributed by atoms with Gasteiger partial charge in [0.1, 0.15) is 0 Å². The van der Waals surface area contributed by atoms with E-state index in [0.717, 1.165) is 123 Å². The van der Waals surface area contributed by atoms with Crippen LogP contribution < -0.4 is 0 Å². The van der Waals surface area contributed by atoms with E-state index in [4.69, 9.17) is 19.9 Å². The van der Waals surface area contributed by atoms with Gasteiger partial charge >= 0.3 is 0 Å². The molecule has 0 fully saturated rings. The fourth-order valence-corrected chi connectivity index (χ4v) is 19.0. The molecule has 0 saturated carbocycles. The van der Waals surface area contributed by atoms with Crippen molar-refractivity contribution in [2.45, 2.75) is 38.5 Å². The van der Waals surface area contributed by atoms with Gasteiger partial charge in [-0.1, -0.05) is 361 Å². The topological polar surface area (TPSA) is 51.6 Å². The Morgan fingerprint density at radius 3 is 0.949 bits per heavy atom. The van der Waals surface area contributed by atoms with E-state index in [1.807, 2.05) is 6.07 Å². The molecule has 2 heterocycles. The average Bonchev–Trinajstić information content (AvgIpc) is 1.56. The summed E-state index contributed by atoms with van der Waals surface area (Å²) in [7, 11) is 0. The Labute approximate surface area is 687 Å². The lowest BCUT2D eigenvalue weighted by Crippen LogP contribution is -2.15. The zero-order valence-corrected chi connectivity index (χ0v) is 65.9. The third kappa shape index (κ3) is 12.0. The lowest BCUT2D eigenvalue weighted by molar-refractivity contribution is 0.661. The van der Waals surface area contributed by atoms with Crippen LogP contribution in [0.4, 0.5) is 0 Å². The summed E-state index contributed by atoms with van der Waals surface area (Å²) in [5, 5.41) is 9.67. The Morgan fingerprint density at radius 1 is 0.153 bits per heavy atom. The number of nitrogens with zero attached hydrogens (tertiary/aromatic N) is 4. The van der Waals surface area contributed by atoms with Gasteiger partial charge in [-0.25, -0.2) is 19.9 Å². The molecule has 2 aliphatic rings. The normalized spacial score (nSPS) is 12.9. The van der Waals surface area contributed by atoms with Crippen LogP contribution in [0.2, 0.25) is 0 Å². The molecule has 0 N–H and O–H groups in total. The quantitative estimate of drug-likeness (QED) is 0.115. The maximum Gasteiger partial charge on any atom is 0.160 e. The summed E-state index contributed by atoms with van der Waals surface area (Å²) in [6, 6.07) is 146. The molecule has 0 aliphatic heterocycles. The number of fused-ring (bicyclic) bond motifs is 10. The first-order chi connectivity index (χ1) is 57.9. The highest BCUT2D eigenvalue weighted by molar-refractivity contribution is 6.08. The van der Waals surface area contributed by atoms with Gasteiger partial charge in [0.2, 0.25) is 0 Å². The molecule has 18 aromatic carbocycles. The maximum atomic E-state index is 5.60. The third-order valence-corrected chi connectivity index (χ3v) is 25.1. The second-order valence-corrected chi connectivity index (χ2v) is 32.7. The van der Waals surface area contributed by atoms with Gasteiger partial charge in [-0.15, -0.1) is 0 Å². The summed E-state index contributed by atoms with van der Waals surface area (Å²) < 4.78 is 0. The highest BCUT2D eigenvalue weighted by Gasteiger charge is 2.38. The van der Waals surface area contributed by atoms with Crippen molar-refractivity contribution in [1.29, 1.82) is 0 Å². The van der Waals surface area contributed by atoms with Gasteiger partial charge < -0.3 is 0 Å². The second-order valence-electron chi connectivity index (χ2n) is 32.7. The molecule has 2 aliphatic carbocycles. The van der Waals surface area contributed by atoms with E-state index in [1.165, 1.54) is 99.1 Å². The van der Waals surface area contributed by atoms with Gasteiger partial charge in [0.15, 0.2) is 11.6 Å². The fourth-order valence-electron chi connectivity index (χ4n) is 19.0. The molecule has 2 aromatic heterocycles. The van der Waals surface area contributed by atoms with Crippen LogP contribution in [0.1, 0.15) is 49.9 Å². The number of benzene rings is 18. The van der Waals surface area contributed by atoms with Crippen molar-refractivity contribution in [2.75, 3.05) is 0 Å². The minimum Gasteiger partial charge on any atom is -0.228 e. The summed E-state index contributed by atoms with van der Waals surface area (Å²) in [5.74, 6) is 1.31. The molecule has 22 rings (SSSR count). The van der Waals surface area contributed by atoms with Gasteiger partial charge in [-0.05, 0) is 232 Å². The smallest absolute Gasteiger partial charge is 0.160 e. The van der Waals surface area contributed by atoms with Crippen LogP contribution in [0.15, 0.2) is 400 Å². The monoisotopic (exact) mass is 1500 g/mol. The summed E-state index contributed by atoms with van der Waals surface area (Å²) in [6.07, 6.45) is 0. The molecule has 0 spiro atoms. The van der Waals surface area contributed by atoms with Gasteiger partial charge in [-0.2, -0.15) is 0 Å². The lowest BCUT2D eigenvalue weighted by Gasteiger charge is -2.22. The molecule has 0 bridgehead atoms. The lowest BCUT2D eigenvalue weighted by atomic mass is 9.81. The SMILES string of the molecule is CC1(C)c2cc(-c3ccc(-c4cc(-c5ccc(-c6ccccc6)c(-c6ccccc6)c5)nc(-c5ccc(-c6cccc(-c7ccc(-c8cc(-c9ccc(-c%10ccc%11c(c%10)C(C)(C)c%10cc%12ccccc%12cc%10-%11)c%10ccccc9%10)nc(-c9ccccc9)n8)c(-c8ccccc8)c7)c6)cc5)n4)c4ccccc34)ccc2-c2cc3ccccc3cc21. The van der Waals surface area contributed by atoms with Crippen molar-refractivity contribution in [3.63, 3.8) is 0 Å². The van der Waals surface area contributed by atoms with Crippen molar-refractivity contribution in [3.8, 4) is 168 Å². The first-order valence-electron chi connectivity index (χ1n) is 40.9. The zero-order chi connectivity index (χ0) is 78.7. The summed E-state index contributed by atoms with van der Waals surface area (Å²) in [5.41, 5.74) is 35.6. The highest BCUT2D eigenvalue weighted by atomic mass is 14.9. The molecular formula is C114H78N4. The van der Waals surface area contributed by atoms with Crippen LogP contribution in [0.25, 0.3) is 211 Å². The van der Waals surface area contributed by atoms with Crippen LogP contribution in [0.5, 0.6) is 0 Å². The molecule has 0 atom stereocenters. The Morgan fingerprint density at radius 2 is 0.449 bits per heavy atom. The Kier molecular flexibility index (Phi) is 16.6. The molecule has 554 valence electrons. The molecule has 0 amide bonds. The van der Waals surface area contributed by atoms with E-state index in [2.05, 4.69) is 422 Å². The van der Waals surface area contributed by atoms with E-state index in [9.17, 15) is 0 Å². The molecular weight excluding hydrogens is 1430 g/mol. The zero-order valence-electron chi connectivity index (χ0n) is 65.9. The minimum atomic E-state index is -0.179. The van der Waals surface area contributed by atoms with Crippen molar-refractivity contribution < 1.29 is 0 Å². The molecule has 20 aromatic rings. The van der Waals surface area contributed by atoms with Crippen molar-refractivity contribution in [3.05, 3.63) is 423 Å². The fraction of sp³-hybridized carbons (Fsp3) is 0.0526. The summed E-state index contributed by atoms with van der Waals surface area (Å²) >= 11 is 0. The maximum absolute atomic E-state index is 5.60. The van der Waals surface area contributed by atoms with Crippen LogP contribution in [0.3, 0.4) is 0 Å². The van der Waals surface area contributed by atoms with Crippen LogP contribution in [-0.2, 0) is 10.8 Å². The van der Waals surface area contributed by atoms with Crippen molar-refractivity contribution in [1.82, 2.24) is 19.9 Å².